The lowest BCUT2D eigenvalue weighted by atomic mass is 10.0. The largest absolute Gasteiger partial charge is 0.506 e. The van der Waals surface area contributed by atoms with Crippen LogP contribution >= 0.6 is 0 Å². The number of nitrogens with zero attached hydrogens (tertiary/aromatic N) is 1. The molecular weight excluding hydrogens is 250 g/mol. The molecule has 1 N–H and O–H groups in total. The Balaban J connectivity index is 1.89. The number of carbonyl (C=O) groups is 1. The average molecular weight is 269 g/mol. The minimum absolute atomic E-state index is 0.0868. The Labute approximate surface area is 118 Å². The molecule has 1 aliphatic rings. The minimum Gasteiger partial charge on any atom is -0.506 e. The van der Waals surface area contributed by atoms with Gasteiger partial charge in [-0.3, -0.25) is 4.79 Å². The van der Waals surface area contributed by atoms with Crippen LogP contribution in [0.3, 0.4) is 0 Å². The topological polar surface area (TPSA) is 40.5 Å². The number of rotatable bonds is 3. The first-order valence-electron chi connectivity index (χ1n) is 7.04. The molecule has 0 saturated heterocycles. The van der Waals surface area contributed by atoms with Gasteiger partial charge in [0.25, 0.3) is 5.91 Å². The molecule has 2 aromatic carbocycles. The highest BCUT2D eigenvalue weighted by atomic mass is 16.3. The summed E-state index contributed by atoms with van der Waals surface area (Å²) in [4.78, 5) is 14.2. The van der Waals surface area contributed by atoms with Crippen molar-refractivity contribution in [2.75, 3.05) is 13.6 Å². The van der Waals surface area contributed by atoms with E-state index in [1.165, 1.54) is 6.42 Å². The molecule has 0 heterocycles. The molecule has 0 aliphatic heterocycles. The lowest BCUT2D eigenvalue weighted by Gasteiger charge is -2.18. The molecule has 20 heavy (non-hydrogen) atoms. The Kier molecular flexibility index (Phi) is 3.13. The van der Waals surface area contributed by atoms with E-state index in [9.17, 15) is 9.90 Å². The van der Waals surface area contributed by atoms with E-state index in [2.05, 4.69) is 6.92 Å². The lowest BCUT2D eigenvalue weighted by molar-refractivity contribution is 0.0784. The normalized spacial score (nSPS) is 20.9. The molecule has 0 aromatic heterocycles. The molecule has 2 atom stereocenters. The summed E-state index contributed by atoms with van der Waals surface area (Å²) in [5, 5.41) is 12.0. The van der Waals surface area contributed by atoms with E-state index in [0.717, 1.165) is 23.2 Å². The van der Waals surface area contributed by atoms with Crippen LogP contribution < -0.4 is 0 Å². The smallest absolute Gasteiger partial charge is 0.257 e. The van der Waals surface area contributed by atoms with Gasteiger partial charge in [0.1, 0.15) is 5.75 Å². The van der Waals surface area contributed by atoms with Crippen molar-refractivity contribution in [3.05, 3.63) is 42.0 Å². The summed E-state index contributed by atoms with van der Waals surface area (Å²) in [6, 6.07) is 11.2. The van der Waals surface area contributed by atoms with Gasteiger partial charge in [0.15, 0.2) is 0 Å². The molecule has 3 heteroatoms. The third-order valence-electron chi connectivity index (χ3n) is 4.26. The van der Waals surface area contributed by atoms with Crippen LogP contribution in [0.2, 0.25) is 0 Å². The van der Waals surface area contributed by atoms with Crippen molar-refractivity contribution in [1.82, 2.24) is 4.90 Å². The van der Waals surface area contributed by atoms with E-state index < -0.39 is 0 Å². The SMILES string of the molecule is CC1CC1CN(C)C(=O)c1ccc2ccccc2c1O. The molecular formula is C17H19NO2. The lowest BCUT2D eigenvalue weighted by Crippen LogP contribution is -2.29. The Morgan fingerprint density at radius 3 is 2.70 bits per heavy atom. The van der Waals surface area contributed by atoms with Gasteiger partial charge in [0.05, 0.1) is 5.56 Å². The summed E-state index contributed by atoms with van der Waals surface area (Å²) in [7, 11) is 1.81. The van der Waals surface area contributed by atoms with Crippen LogP contribution in [0, 0.1) is 11.8 Å². The van der Waals surface area contributed by atoms with E-state index in [-0.39, 0.29) is 11.7 Å². The fourth-order valence-corrected chi connectivity index (χ4v) is 2.72. The van der Waals surface area contributed by atoms with Gasteiger partial charge >= 0.3 is 0 Å². The van der Waals surface area contributed by atoms with E-state index in [0.29, 0.717) is 11.5 Å². The maximum Gasteiger partial charge on any atom is 0.257 e. The zero-order chi connectivity index (χ0) is 14.3. The molecule has 1 fully saturated rings. The Hall–Kier alpha value is -2.03. The van der Waals surface area contributed by atoms with Crippen molar-refractivity contribution >= 4 is 16.7 Å². The molecule has 0 bridgehead atoms. The van der Waals surface area contributed by atoms with Crippen molar-refractivity contribution in [3.63, 3.8) is 0 Å². The molecule has 3 rings (SSSR count). The van der Waals surface area contributed by atoms with Crippen LogP contribution in [0.4, 0.5) is 0 Å². The number of fused-ring (bicyclic) bond motifs is 1. The first kappa shape index (κ1) is 13.0. The van der Waals surface area contributed by atoms with Crippen molar-refractivity contribution in [2.24, 2.45) is 11.8 Å². The number of amides is 1. The van der Waals surface area contributed by atoms with Crippen molar-refractivity contribution < 1.29 is 9.90 Å². The second-order valence-corrected chi connectivity index (χ2v) is 5.84. The maximum atomic E-state index is 12.4. The Bertz CT molecular complexity index is 665. The van der Waals surface area contributed by atoms with Crippen LogP contribution in [0.25, 0.3) is 10.8 Å². The first-order chi connectivity index (χ1) is 9.58. The molecule has 104 valence electrons. The highest BCUT2D eigenvalue weighted by Crippen LogP contribution is 2.38. The molecule has 2 unspecified atom stereocenters. The van der Waals surface area contributed by atoms with E-state index in [4.69, 9.17) is 0 Å². The predicted octanol–water partition coefficient (Wildman–Crippen LogP) is 3.27. The second kappa shape index (κ2) is 4.82. The first-order valence-corrected chi connectivity index (χ1v) is 7.04. The summed E-state index contributed by atoms with van der Waals surface area (Å²) in [5.41, 5.74) is 0.388. The minimum atomic E-state index is -0.104. The third-order valence-corrected chi connectivity index (χ3v) is 4.26. The molecule has 1 aliphatic carbocycles. The Morgan fingerprint density at radius 1 is 1.30 bits per heavy atom. The highest BCUT2D eigenvalue weighted by Gasteiger charge is 2.34. The van der Waals surface area contributed by atoms with Crippen LogP contribution in [0.15, 0.2) is 36.4 Å². The van der Waals surface area contributed by atoms with Gasteiger partial charge in [-0.1, -0.05) is 37.3 Å². The number of hydrogen-bond donors (Lipinski definition) is 1. The van der Waals surface area contributed by atoms with Gasteiger partial charge in [0, 0.05) is 19.0 Å². The zero-order valence-electron chi connectivity index (χ0n) is 11.8. The molecule has 1 saturated carbocycles. The summed E-state index contributed by atoms with van der Waals surface area (Å²) in [6.45, 7) is 2.97. The molecule has 3 nitrogen and oxygen atoms in total. The van der Waals surface area contributed by atoms with E-state index in [1.807, 2.05) is 37.4 Å². The standard InChI is InChI=1S/C17H19NO2/c1-11-9-13(11)10-18(2)17(20)15-8-7-12-5-3-4-6-14(12)16(15)19/h3-8,11,13,19H,9-10H2,1-2H3. The van der Waals surface area contributed by atoms with Crippen molar-refractivity contribution in [3.8, 4) is 5.75 Å². The number of aromatic hydroxyl groups is 1. The molecule has 2 aromatic rings. The third kappa shape index (κ3) is 2.24. The van der Waals surface area contributed by atoms with E-state index in [1.54, 1.807) is 11.0 Å². The summed E-state index contributed by atoms with van der Waals surface area (Å²) < 4.78 is 0. The van der Waals surface area contributed by atoms with Crippen molar-refractivity contribution in [1.29, 1.82) is 0 Å². The fraction of sp³-hybridized carbons (Fsp3) is 0.353. The van der Waals surface area contributed by atoms with Gasteiger partial charge in [-0.2, -0.15) is 0 Å². The summed E-state index contributed by atoms with van der Waals surface area (Å²) >= 11 is 0. The highest BCUT2D eigenvalue weighted by molar-refractivity contribution is 6.03. The molecule has 0 spiro atoms. The van der Waals surface area contributed by atoms with Gasteiger partial charge in [0.2, 0.25) is 0 Å². The van der Waals surface area contributed by atoms with Crippen LogP contribution in [-0.2, 0) is 0 Å². The number of carbonyl (C=O) groups excluding carboxylic acids is 1. The van der Waals surface area contributed by atoms with Gasteiger partial charge in [-0.05, 0) is 29.7 Å². The zero-order valence-corrected chi connectivity index (χ0v) is 11.8. The second-order valence-electron chi connectivity index (χ2n) is 5.84. The Morgan fingerprint density at radius 2 is 2.00 bits per heavy atom. The number of phenols is 1. The summed E-state index contributed by atoms with van der Waals surface area (Å²) in [6.07, 6.45) is 1.20. The van der Waals surface area contributed by atoms with Crippen LogP contribution in [0.5, 0.6) is 5.75 Å². The predicted molar refractivity (Wildman–Crippen MR) is 79.8 cm³/mol. The van der Waals surface area contributed by atoms with Crippen LogP contribution in [0.1, 0.15) is 23.7 Å². The van der Waals surface area contributed by atoms with E-state index >= 15 is 0 Å². The van der Waals surface area contributed by atoms with Crippen LogP contribution in [-0.4, -0.2) is 29.5 Å². The fourth-order valence-electron chi connectivity index (χ4n) is 2.72. The quantitative estimate of drug-likeness (QED) is 0.929. The summed E-state index contributed by atoms with van der Waals surface area (Å²) in [5.74, 6) is 1.32. The number of hydrogen-bond acceptors (Lipinski definition) is 2. The maximum absolute atomic E-state index is 12.4. The van der Waals surface area contributed by atoms with Gasteiger partial charge in [-0.15, -0.1) is 0 Å². The monoisotopic (exact) mass is 269 g/mol. The molecule has 1 amide bonds. The average Bonchev–Trinajstić information content (AvgIpc) is 3.14. The number of phenolic OH excluding ortho intramolecular Hbond substituents is 1. The molecule has 0 radical (unpaired) electrons. The number of benzene rings is 2. The van der Waals surface area contributed by atoms with Crippen molar-refractivity contribution in [2.45, 2.75) is 13.3 Å². The van der Waals surface area contributed by atoms with Gasteiger partial charge in [-0.25, -0.2) is 0 Å². The van der Waals surface area contributed by atoms with Gasteiger partial charge < -0.3 is 10.0 Å².